The number of ether oxygens (including phenoxy) is 1. The van der Waals surface area contributed by atoms with E-state index in [0.29, 0.717) is 54.1 Å². The first kappa shape index (κ1) is 32.9. The van der Waals surface area contributed by atoms with E-state index in [0.717, 1.165) is 15.8 Å². The average molecular weight is 637 g/mol. The highest BCUT2D eigenvalue weighted by Gasteiger charge is 2.21. The van der Waals surface area contributed by atoms with Gasteiger partial charge in [-0.3, -0.25) is 14.4 Å². The molecule has 5 rings (SSSR count). The molecule has 11 heteroatoms. The highest BCUT2D eigenvalue weighted by molar-refractivity contribution is 5.89. The van der Waals surface area contributed by atoms with Crippen molar-refractivity contribution in [2.75, 3.05) is 11.9 Å². The fourth-order valence-electron chi connectivity index (χ4n) is 5.28. The van der Waals surface area contributed by atoms with Gasteiger partial charge in [0.1, 0.15) is 17.3 Å². The molecule has 0 saturated heterocycles. The van der Waals surface area contributed by atoms with Gasteiger partial charge in [-0.2, -0.15) is 14.8 Å². The number of nitrogens with zero attached hydrogens (tertiary/aromatic N) is 5. The van der Waals surface area contributed by atoms with E-state index in [2.05, 4.69) is 27.0 Å². The van der Waals surface area contributed by atoms with Crippen molar-refractivity contribution in [2.24, 2.45) is 7.05 Å². The van der Waals surface area contributed by atoms with Crippen LogP contribution in [-0.2, 0) is 23.7 Å². The summed E-state index contributed by atoms with van der Waals surface area (Å²) >= 11 is 0. The molecule has 0 radical (unpaired) electrons. The lowest BCUT2D eigenvalue weighted by Gasteiger charge is -2.20. The van der Waals surface area contributed by atoms with E-state index in [1.807, 2.05) is 27.7 Å². The molecule has 0 fully saturated rings. The van der Waals surface area contributed by atoms with E-state index >= 15 is 4.39 Å². The molecular weight excluding hydrogens is 599 g/mol. The normalized spacial score (nSPS) is 11.4. The summed E-state index contributed by atoms with van der Waals surface area (Å²) in [5.41, 5.74) is 1.95. The second-order valence-corrected chi connectivity index (χ2v) is 12.2. The first-order valence-electron chi connectivity index (χ1n) is 15.3. The van der Waals surface area contributed by atoms with Gasteiger partial charge in [0.25, 0.3) is 11.1 Å². The third-order valence-electron chi connectivity index (χ3n) is 7.82. The van der Waals surface area contributed by atoms with Gasteiger partial charge in [-0.15, -0.1) is 0 Å². The van der Waals surface area contributed by atoms with Crippen molar-refractivity contribution >= 4 is 28.1 Å². The molecule has 0 unspecified atom stereocenters. The number of halogens is 1. The Hall–Kier alpha value is -5.45. The predicted octanol–water partition coefficient (Wildman–Crippen LogP) is 6.20. The second kappa shape index (κ2) is 13.5. The van der Waals surface area contributed by atoms with E-state index in [1.165, 1.54) is 22.9 Å². The van der Waals surface area contributed by atoms with Gasteiger partial charge in [-0.05, 0) is 65.8 Å². The molecule has 1 N–H and O–H groups in total. The second-order valence-electron chi connectivity index (χ2n) is 12.2. The maximum absolute atomic E-state index is 15.4. The van der Waals surface area contributed by atoms with Crippen LogP contribution < -0.4 is 21.2 Å². The molecular formula is C36H37FN6O4. The Morgan fingerprint density at radius 2 is 1.91 bits per heavy atom. The van der Waals surface area contributed by atoms with Crippen LogP contribution in [0.4, 0.5) is 15.9 Å². The molecule has 4 heterocycles. The molecule has 10 nitrogen and oxygen atoms in total. The summed E-state index contributed by atoms with van der Waals surface area (Å²) in [6.45, 7) is 11.6. The monoisotopic (exact) mass is 636 g/mol. The van der Waals surface area contributed by atoms with Crippen molar-refractivity contribution in [3.63, 3.8) is 0 Å². The van der Waals surface area contributed by atoms with E-state index in [1.54, 1.807) is 55.8 Å². The summed E-state index contributed by atoms with van der Waals surface area (Å²) in [4.78, 5) is 47.2. The Morgan fingerprint density at radius 3 is 2.64 bits per heavy atom. The number of nitrogens with one attached hydrogen (secondary N) is 1. The Bertz CT molecular complexity index is 2110. The minimum absolute atomic E-state index is 0.0514. The first-order valence-corrected chi connectivity index (χ1v) is 15.3. The summed E-state index contributed by atoms with van der Waals surface area (Å²) in [5, 5.41) is 7.87. The predicted molar refractivity (Wildman–Crippen MR) is 181 cm³/mol. The zero-order valence-corrected chi connectivity index (χ0v) is 27.1. The summed E-state index contributed by atoms with van der Waals surface area (Å²) in [7, 11) is 1.65. The van der Waals surface area contributed by atoms with E-state index in [-0.39, 0.29) is 33.6 Å². The number of pyridine rings is 3. The van der Waals surface area contributed by atoms with Crippen LogP contribution in [0, 0.1) is 5.82 Å². The van der Waals surface area contributed by atoms with Gasteiger partial charge in [0.2, 0.25) is 5.88 Å². The quantitative estimate of drug-likeness (QED) is 0.134. The maximum Gasteiger partial charge on any atom is 0.283 e. The van der Waals surface area contributed by atoms with Crippen LogP contribution in [0.25, 0.3) is 27.7 Å². The Balaban J connectivity index is 1.50. The van der Waals surface area contributed by atoms with Crippen LogP contribution in [0.3, 0.4) is 0 Å². The Morgan fingerprint density at radius 1 is 1.13 bits per heavy atom. The molecule has 5 aromatic rings. The maximum atomic E-state index is 15.4. The lowest BCUT2D eigenvalue weighted by molar-refractivity contribution is -0.114. The molecule has 0 atom stereocenters. The fourth-order valence-corrected chi connectivity index (χ4v) is 5.28. The van der Waals surface area contributed by atoms with Gasteiger partial charge in [-0.25, -0.2) is 9.37 Å². The molecule has 47 heavy (non-hydrogen) atoms. The smallest absolute Gasteiger partial charge is 0.283 e. The summed E-state index contributed by atoms with van der Waals surface area (Å²) in [5.74, 6) is 0.363. The number of carbonyl (C=O) groups excluding carboxylic acids is 1. The number of anilines is 2. The number of hydrogen-bond donors (Lipinski definition) is 1. The first-order chi connectivity index (χ1) is 22.4. The fraction of sp³-hybridized carbons (Fsp3) is 0.278. The molecule has 1 aromatic carbocycles. The van der Waals surface area contributed by atoms with Crippen LogP contribution in [0.5, 0.6) is 5.88 Å². The van der Waals surface area contributed by atoms with Crippen molar-refractivity contribution in [2.45, 2.75) is 52.4 Å². The molecule has 0 bridgehead atoms. The third-order valence-corrected chi connectivity index (χ3v) is 7.82. The third kappa shape index (κ3) is 7.04. The number of rotatable bonds is 11. The minimum Gasteiger partial charge on any atom is -0.478 e. The SMILES string of the molecule is C=CC(=O)CCCOc1cccc(Nc2cc(-c3ccnc(-n4ncc5cc(C(C)(C)C)cc(F)c5c4=O)c3CC)cn(C)c2=O)n1. The molecule has 0 amide bonds. The van der Waals surface area contributed by atoms with E-state index in [9.17, 15) is 14.4 Å². The van der Waals surface area contributed by atoms with Crippen LogP contribution in [-0.4, -0.2) is 36.7 Å². The van der Waals surface area contributed by atoms with Gasteiger partial charge >= 0.3 is 0 Å². The number of aryl methyl sites for hydroxylation is 1. The van der Waals surface area contributed by atoms with E-state index in [4.69, 9.17) is 4.74 Å². The number of carbonyl (C=O) groups is 1. The zero-order valence-electron chi connectivity index (χ0n) is 27.1. The number of aromatic nitrogens is 5. The lowest BCUT2D eigenvalue weighted by atomic mass is 9.86. The minimum atomic E-state index is -0.609. The summed E-state index contributed by atoms with van der Waals surface area (Å²) in [6.07, 6.45) is 7.37. The number of ketones is 1. The van der Waals surface area contributed by atoms with Crippen LogP contribution in [0.1, 0.15) is 51.7 Å². The van der Waals surface area contributed by atoms with Crippen molar-refractivity contribution < 1.29 is 13.9 Å². The topological polar surface area (TPSA) is 121 Å². The number of benzene rings is 1. The van der Waals surface area contributed by atoms with Crippen molar-refractivity contribution in [3.05, 3.63) is 111 Å². The Kier molecular flexibility index (Phi) is 9.46. The molecule has 0 spiro atoms. The van der Waals surface area contributed by atoms with Crippen LogP contribution in [0.15, 0.2) is 83.3 Å². The largest absolute Gasteiger partial charge is 0.478 e. The van der Waals surface area contributed by atoms with Gasteiger partial charge in [0.05, 0.1) is 18.2 Å². The summed E-state index contributed by atoms with van der Waals surface area (Å²) < 4.78 is 23.7. The van der Waals surface area contributed by atoms with Crippen molar-refractivity contribution in [3.8, 4) is 22.8 Å². The molecule has 0 aliphatic carbocycles. The van der Waals surface area contributed by atoms with Gasteiger partial charge in [-0.1, -0.05) is 40.3 Å². The Labute approximate surface area is 271 Å². The van der Waals surface area contributed by atoms with E-state index < -0.39 is 11.4 Å². The number of allylic oxidation sites excluding steroid dienone is 1. The molecule has 242 valence electrons. The molecule has 0 aliphatic heterocycles. The lowest BCUT2D eigenvalue weighted by Crippen LogP contribution is -2.25. The molecule has 0 saturated carbocycles. The number of fused-ring (bicyclic) bond motifs is 1. The van der Waals surface area contributed by atoms with Gasteiger partial charge < -0.3 is 14.6 Å². The highest BCUT2D eigenvalue weighted by Crippen LogP contribution is 2.30. The highest BCUT2D eigenvalue weighted by atomic mass is 19.1. The van der Waals surface area contributed by atoms with Crippen LogP contribution in [0.2, 0.25) is 0 Å². The van der Waals surface area contributed by atoms with Crippen molar-refractivity contribution in [1.29, 1.82) is 0 Å². The van der Waals surface area contributed by atoms with Crippen LogP contribution >= 0.6 is 0 Å². The zero-order chi connectivity index (χ0) is 33.9. The standard InChI is InChI=1S/C36H37FN6O4/c1-7-25(44)11-10-16-47-31-13-9-12-30(41-31)40-29-18-23(21-42(6)34(29)45)27-14-15-38-33(26(27)8-2)43-35(46)32-22(20-39-43)17-24(19-28(32)37)36(3,4)5/h7,9,12-15,17-21H,1,8,10-11,16H2,2-6H3,(H,40,41). The van der Waals surface area contributed by atoms with Gasteiger partial charge in [0.15, 0.2) is 11.6 Å². The molecule has 4 aromatic heterocycles. The number of hydrogen-bond acceptors (Lipinski definition) is 8. The summed E-state index contributed by atoms with van der Waals surface area (Å²) in [6, 6.07) is 11.9. The molecule has 0 aliphatic rings. The average Bonchev–Trinajstić information content (AvgIpc) is 3.04. The van der Waals surface area contributed by atoms with Gasteiger partial charge in [0, 0.05) is 48.4 Å². The van der Waals surface area contributed by atoms with Crippen molar-refractivity contribution in [1.82, 2.24) is 24.3 Å².